The van der Waals surface area contributed by atoms with Gasteiger partial charge in [-0.3, -0.25) is 9.63 Å². The summed E-state index contributed by atoms with van der Waals surface area (Å²) < 4.78 is 25.0. The smallest absolute Gasteiger partial charge is 0.264 e. The van der Waals surface area contributed by atoms with Crippen LogP contribution in [0.2, 0.25) is 0 Å². The fourth-order valence-electron chi connectivity index (χ4n) is 2.17. The van der Waals surface area contributed by atoms with Gasteiger partial charge in [0.2, 0.25) is 0 Å². The molecule has 0 heterocycles. The fraction of sp³-hybridized carbons (Fsp3) is 0.235. The first-order valence-corrected chi connectivity index (χ1v) is 8.72. The molecule has 0 atom stereocenters. The molecule has 2 rings (SSSR count). The van der Waals surface area contributed by atoms with E-state index >= 15 is 0 Å². The van der Waals surface area contributed by atoms with Crippen LogP contribution in [0.3, 0.4) is 0 Å². The van der Waals surface area contributed by atoms with Crippen molar-refractivity contribution in [2.45, 2.75) is 11.4 Å². The fourth-order valence-corrected chi connectivity index (χ4v) is 3.14. The molecule has 0 aliphatic rings. The van der Waals surface area contributed by atoms with Crippen molar-refractivity contribution in [1.82, 2.24) is 9.37 Å². The molecule has 6 nitrogen and oxygen atoms in total. The van der Waals surface area contributed by atoms with Crippen LogP contribution in [0.5, 0.6) is 0 Å². The second-order valence-electron chi connectivity index (χ2n) is 5.27. The topological polar surface area (TPSA) is 66.9 Å². The number of rotatable bonds is 6. The highest BCUT2D eigenvalue weighted by atomic mass is 32.2. The minimum Gasteiger partial charge on any atom is -0.337 e. The molecular weight excluding hydrogens is 328 g/mol. The van der Waals surface area contributed by atoms with Crippen LogP contribution in [-0.4, -0.2) is 44.9 Å². The van der Waals surface area contributed by atoms with E-state index in [4.69, 9.17) is 4.84 Å². The van der Waals surface area contributed by atoms with Crippen molar-refractivity contribution in [3.63, 3.8) is 0 Å². The monoisotopic (exact) mass is 348 g/mol. The van der Waals surface area contributed by atoms with Crippen LogP contribution in [-0.2, 0) is 21.4 Å². The van der Waals surface area contributed by atoms with Crippen molar-refractivity contribution in [2.24, 2.45) is 0 Å². The predicted molar refractivity (Wildman–Crippen MR) is 90.6 cm³/mol. The summed E-state index contributed by atoms with van der Waals surface area (Å²) in [7, 11) is 0.572. The molecule has 128 valence electrons. The molecule has 0 aromatic heterocycles. The second-order valence-corrected chi connectivity index (χ2v) is 7.20. The highest BCUT2D eigenvalue weighted by Gasteiger charge is 2.21. The van der Waals surface area contributed by atoms with E-state index in [-0.39, 0.29) is 10.8 Å². The summed E-state index contributed by atoms with van der Waals surface area (Å²) in [6, 6.07) is 15.4. The van der Waals surface area contributed by atoms with Crippen LogP contribution in [0.15, 0.2) is 59.5 Å². The number of carbonyl (C=O) groups is 1. The zero-order chi connectivity index (χ0) is 17.7. The lowest BCUT2D eigenvalue weighted by molar-refractivity contribution is -0.0258. The van der Waals surface area contributed by atoms with Crippen molar-refractivity contribution >= 4 is 15.9 Å². The van der Waals surface area contributed by atoms with Crippen LogP contribution in [0, 0.1) is 0 Å². The number of hydrogen-bond donors (Lipinski definition) is 0. The lowest BCUT2D eigenvalue weighted by atomic mass is 10.1. The van der Waals surface area contributed by atoms with Gasteiger partial charge in [-0.15, -0.1) is 0 Å². The Morgan fingerprint density at radius 2 is 1.58 bits per heavy atom. The Hall–Kier alpha value is -2.22. The van der Waals surface area contributed by atoms with E-state index < -0.39 is 10.0 Å². The Morgan fingerprint density at radius 3 is 2.12 bits per heavy atom. The number of hydrogen-bond acceptors (Lipinski definition) is 4. The minimum atomic E-state index is -3.71. The first kappa shape index (κ1) is 18.1. The van der Waals surface area contributed by atoms with E-state index in [1.54, 1.807) is 11.9 Å². The van der Waals surface area contributed by atoms with Gasteiger partial charge in [0.05, 0.1) is 12.0 Å². The zero-order valence-corrected chi connectivity index (χ0v) is 14.7. The first-order valence-electron chi connectivity index (χ1n) is 7.28. The van der Waals surface area contributed by atoms with Gasteiger partial charge in [0.15, 0.2) is 0 Å². The van der Waals surface area contributed by atoms with Crippen LogP contribution in [0.25, 0.3) is 0 Å². The Morgan fingerprint density at radius 1 is 1.00 bits per heavy atom. The van der Waals surface area contributed by atoms with E-state index in [0.29, 0.717) is 12.1 Å². The summed E-state index contributed by atoms with van der Waals surface area (Å²) in [5, 5.41) is 0. The number of sulfonamides is 1. The van der Waals surface area contributed by atoms with Gasteiger partial charge in [0.25, 0.3) is 15.9 Å². The lowest BCUT2D eigenvalue weighted by Gasteiger charge is -2.18. The van der Waals surface area contributed by atoms with Crippen LogP contribution < -0.4 is 0 Å². The van der Waals surface area contributed by atoms with Crippen LogP contribution in [0.4, 0.5) is 0 Å². The molecule has 24 heavy (non-hydrogen) atoms. The molecule has 0 bridgehead atoms. The molecule has 0 fully saturated rings. The molecule has 0 aliphatic heterocycles. The van der Waals surface area contributed by atoms with Crippen molar-refractivity contribution in [2.75, 3.05) is 21.2 Å². The van der Waals surface area contributed by atoms with Gasteiger partial charge in [-0.25, -0.2) is 8.42 Å². The maximum atomic E-state index is 12.4. The molecule has 0 aliphatic carbocycles. The van der Waals surface area contributed by atoms with Crippen molar-refractivity contribution in [3.8, 4) is 0 Å². The quantitative estimate of drug-likeness (QED) is 0.750. The summed E-state index contributed by atoms with van der Waals surface area (Å²) in [4.78, 5) is 18.8. The summed E-state index contributed by atoms with van der Waals surface area (Å²) in [5.41, 5.74) is 1.45. The predicted octanol–water partition coefficient (Wildman–Crippen LogP) is 2.14. The van der Waals surface area contributed by atoms with E-state index in [1.165, 1.54) is 38.4 Å². The molecule has 7 heteroatoms. The lowest BCUT2D eigenvalue weighted by Crippen LogP contribution is -2.27. The van der Waals surface area contributed by atoms with Crippen LogP contribution >= 0.6 is 0 Å². The van der Waals surface area contributed by atoms with Crippen LogP contribution in [0.1, 0.15) is 15.9 Å². The maximum Gasteiger partial charge on any atom is 0.264 e. The molecule has 0 unspecified atom stereocenters. The molecule has 0 radical (unpaired) electrons. The summed E-state index contributed by atoms with van der Waals surface area (Å²) >= 11 is 0. The Bertz CT molecular complexity index is 789. The minimum absolute atomic E-state index is 0.0640. The van der Waals surface area contributed by atoms with Crippen molar-refractivity contribution < 1.29 is 18.0 Å². The molecule has 0 saturated carbocycles. The third-order valence-electron chi connectivity index (χ3n) is 3.60. The van der Waals surface area contributed by atoms with Gasteiger partial charge < -0.3 is 4.90 Å². The van der Waals surface area contributed by atoms with E-state index in [1.807, 2.05) is 30.3 Å². The van der Waals surface area contributed by atoms with E-state index in [0.717, 1.165) is 10.0 Å². The molecule has 0 saturated heterocycles. The molecule has 1 amide bonds. The van der Waals surface area contributed by atoms with Gasteiger partial charge in [0, 0.05) is 26.2 Å². The number of carbonyl (C=O) groups excluding carboxylic acids is 1. The molecule has 2 aromatic carbocycles. The van der Waals surface area contributed by atoms with Gasteiger partial charge in [-0.2, -0.15) is 0 Å². The third kappa shape index (κ3) is 4.00. The summed E-state index contributed by atoms with van der Waals surface area (Å²) in [5.74, 6) is -0.178. The average Bonchev–Trinajstić information content (AvgIpc) is 2.61. The van der Waals surface area contributed by atoms with Gasteiger partial charge >= 0.3 is 0 Å². The SMILES string of the molecule is CON(C)S(=O)(=O)c1ccc(C(=O)N(C)Cc2ccccc2)cc1. The van der Waals surface area contributed by atoms with Crippen molar-refractivity contribution in [1.29, 1.82) is 0 Å². The number of hydroxylamine groups is 1. The Balaban J connectivity index is 2.14. The number of amides is 1. The highest BCUT2D eigenvalue weighted by molar-refractivity contribution is 7.89. The van der Waals surface area contributed by atoms with E-state index in [2.05, 4.69) is 0 Å². The Labute approximate surface area is 142 Å². The average molecular weight is 348 g/mol. The standard InChI is InChI=1S/C17H20N2O4S/c1-18(13-14-7-5-4-6-8-14)17(20)15-9-11-16(12-10-15)24(21,22)19(2)23-3/h4-12H,13H2,1-3H3. The molecule has 2 aromatic rings. The largest absolute Gasteiger partial charge is 0.337 e. The van der Waals surface area contributed by atoms with Gasteiger partial charge in [-0.1, -0.05) is 34.8 Å². The van der Waals surface area contributed by atoms with Crippen molar-refractivity contribution in [3.05, 3.63) is 65.7 Å². The Kier molecular flexibility index (Phi) is 5.71. The zero-order valence-electron chi connectivity index (χ0n) is 13.8. The highest BCUT2D eigenvalue weighted by Crippen LogP contribution is 2.16. The molecule has 0 N–H and O–H groups in total. The summed E-state index contributed by atoms with van der Waals surface area (Å²) in [6.45, 7) is 0.478. The summed E-state index contributed by atoms with van der Waals surface area (Å²) in [6.07, 6.45) is 0. The number of benzene rings is 2. The first-order chi connectivity index (χ1) is 11.4. The van der Waals surface area contributed by atoms with Gasteiger partial charge in [-0.05, 0) is 29.8 Å². The maximum absolute atomic E-state index is 12.4. The third-order valence-corrected chi connectivity index (χ3v) is 5.30. The normalized spacial score (nSPS) is 11.5. The molecule has 0 spiro atoms. The second kappa shape index (κ2) is 7.57. The van der Waals surface area contributed by atoms with Gasteiger partial charge in [0.1, 0.15) is 0 Å². The molecular formula is C17H20N2O4S. The number of nitrogens with zero attached hydrogens (tertiary/aromatic N) is 2. The van der Waals surface area contributed by atoms with E-state index in [9.17, 15) is 13.2 Å².